The minimum absolute atomic E-state index is 0.337. The highest BCUT2D eigenvalue weighted by Crippen LogP contribution is 2.32. The van der Waals surface area contributed by atoms with Crippen LogP contribution in [0.1, 0.15) is 31.2 Å². The molecule has 0 aromatic heterocycles. The number of halogens is 1. The van der Waals surface area contributed by atoms with Crippen molar-refractivity contribution in [1.82, 2.24) is 5.32 Å². The van der Waals surface area contributed by atoms with E-state index in [1.54, 1.807) is 0 Å². The van der Waals surface area contributed by atoms with Gasteiger partial charge in [-0.2, -0.15) is 0 Å². The second-order valence-electron chi connectivity index (χ2n) is 5.00. The third-order valence-electron chi connectivity index (χ3n) is 3.80. The molecular formula is C14H18ClNO. The topological polar surface area (TPSA) is 21.3 Å². The Bertz CT molecular complexity index is 401. The van der Waals surface area contributed by atoms with Crippen molar-refractivity contribution in [2.75, 3.05) is 6.54 Å². The van der Waals surface area contributed by atoms with Crippen LogP contribution in [0, 0.1) is 0 Å². The van der Waals surface area contributed by atoms with E-state index in [4.69, 9.17) is 16.3 Å². The highest BCUT2D eigenvalue weighted by molar-refractivity contribution is 6.30. The summed E-state index contributed by atoms with van der Waals surface area (Å²) in [7, 11) is 0. The van der Waals surface area contributed by atoms with E-state index in [1.165, 1.54) is 24.8 Å². The molecule has 92 valence electrons. The van der Waals surface area contributed by atoms with Gasteiger partial charge in [-0.15, -0.1) is 0 Å². The molecule has 1 N–H and O–H groups in total. The van der Waals surface area contributed by atoms with Crippen molar-refractivity contribution in [3.8, 4) is 5.75 Å². The molecule has 2 nitrogen and oxygen atoms in total. The molecule has 3 rings (SSSR count). The lowest BCUT2D eigenvalue weighted by Crippen LogP contribution is -2.47. The zero-order valence-electron chi connectivity index (χ0n) is 9.92. The molecule has 1 saturated heterocycles. The molecule has 2 aliphatic rings. The summed E-state index contributed by atoms with van der Waals surface area (Å²) in [6.07, 6.45) is 6.39. The molecule has 17 heavy (non-hydrogen) atoms. The minimum atomic E-state index is 0.337. The molecule has 0 aliphatic carbocycles. The molecule has 2 aliphatic heterocycles. The normalized spacial score (nSPS) is 28.3. The average Bonchev–Trinajstić information content (AvgIpc) is 2.39. The first-order chi connectivity index (χ1) is 8.33. The minimum Gasteiger partial charge on any atom is -0.489 e. The van der Waals surface area contributed by atoms with Gasteiger partial charge >= 0.3 is 0 Å². The zero-order valence-corrected chi connectivity index (χ0v) is 10.7. The van der Waals surface area contributed by atoms with Crippen LogP contribution in [0.15, 0.2) is 18.2 Å². The highest BCUT2D eigenvalue weighted by atomic mass is 35.5. The van der Waals surface area contributed by atoms with Crippen LogP contribution < -0.4 is 10.1 Å². The maximum absolute atomic E-state index is 6.11. The van der Waals surface area contributed by atoms with Crippen LogP contribution in [0.3, 0.4) is 0 Å². The van der Waals surface area contributed by atoms with Crippen LogP contribution in [0.25, 0.3) is 0 Å². The van der Waals surface area contributed by atoms with Gasteiger partial charge in [-0.3, -0.25) is 0 Å². The first-order valence-corrected chi connectivity index (χ1v) is 6.89. The van der Waals surface area contributed by atoms with Gasteiger partial charge in [0, 0.05) is 11.1 Å². The standard InChI is InChI=1S/C14H18ClNO/c15-11-5-7-13-10(9-11)4-6-14(17-13)12-3-1-2-8-16-12/h5,7,9,12,14,16H,1-4,6,8H2. The summed E-state index contributed by atoms with van der Waals surface area (Å²) in [6.45, 7) is 1.14. The summed E-state index contributed by atoms with van der Waals surface area (Å²) in [5, 5.41) is 4.39. The summed E-state index contributed by atoms with van der Waals surface area (Å²) in [5.74, 6) is 1.03. The van der Waals surface area contributed by atoms with Gasteiger partial charge in [0.25, 0.3) is 0 Å². The number of benzene rings is 1. The Labute approximate surface area is 107 Å². The van der Waals surface area contributed by atoms with Crippen molar-refractivity contribution >= 4 is 11.6 Å². The summed E-state index contributed by atoms with van der Waals surface area (Å²) >= 11 is 5.99. The van der Waals surface area contributed by atoms with E-state index in [9.17, 15) is 0 Å². The predicted octanol–water partition coefficient (Wildman–Crippen LogP) is 3.18. The van der Waals surface area contributed by atoms with Gasteiger partial charge in [0.1, 0.15) is 11.9 Å². The van der Waals surface area contributed by atoms with Crippen molar-refractivity contribution in [3.05, 3.63) is 28.8 Å². The van der Waals surface area contributed by atoms with Crippen LogP contribution in [0.5, 0.6) is 5.75 Å². The summed E-state index contributed by atoms with van der Waals surface area (Å²) in [4.78, 5) is 0. The number of rotatable bonds is 1. The fourth-order valence-corrected chi connectivity index (χ4v) is 3.05. The van der Waals surface area contributed by atoms with Crippen LogP contribution in [-0.4, -0.2) is 18.7 Å². The second kappa shape index (κ2) is 4.87. The summed E-state index contributed by atoms with van der Waals surface area (Å²) in [6, 6.07) is 6.48. The number of fused-ring (bicyclic) bond motifs is 1. The smallest absolute Gasteiger partial charge is 0.123 e. The van der Waals surface area contributed by atoms with Crippen molar-refractivity contribution in [3.63, 3.8) is 0 Å². The molecule has 0 radical (unpaired) electrons. The number of nitrogens with one attached hydrogen (secondary N) is 1. The van der Waals surface area contributed by atoms with Gasteiger partial charge in [0.05, 0.1) is 0 Å². The maximum atomic E-state index is 6.11. The molecule has 0 bridgehead atoms. The third-order valence-corrected chi connectivity index (χ3v) is 4.03. The molecule has 0 spiro atoms. The molecule has 2 heterocycles. The summed E-state index contributed by atoms with van der Waals surface area (Å²) < 4.78 is 6.11. The number of aryl methyl sites for hydroxylation is 1. The lowest BCUT2D eigenvalue weighted by atomic mass is 9.93. The quantitative estimate of drug-likeness (QED) is 0.828. The van der Waals surface area contributed by atoms with Crippen molar-refractivity contribution < 1.29 is 4.74 Å². The second-order valence-corrected chi connectivity index (χ2v) is 5.44. The molecule has 2 unspecified atom stereocenters. The molecule has 0 saturated carbocycles. The molecule has 1 fully saturated rings. The zero-order chi connectivity index (χ0) is 11.7. The molecule has 1 aromatic rings. The third kappa shape index (κ3) is 2.43. The SMILES string of the molecule is Clc1ccc2c(c1)CCC(C1CCCCN1)O2. The van der Waals surface area contributed by atoms with E-state index in [0.29, 0.717) is 12.1 Å². The monoisotopic (exact) mass is 251 g/mol. The highest BCUT2D eigenvalue weighted by Gasteiger charge is 2.28. The van der Waals surface area contributed by atoms with E-state index in [2.05, 4.69) is 5.32 Å². The Balaban J connectivity index is 1.73. The molecule has 1 aromatic carbocycles. The number of piperidine rings is 1. The Kier molecular flexibility index (Phi) is 3.26. The number of hydrogen-bond donors (Lipinski definition) is 1. The largest absolute Gasteiger partial charge is 0.489 e. The van der Waals surface area contributed by atoms with E-state index in [0.717, 1.165) is 30.2 Å². The van der Waals surface area contributed by atoms with Gasteiger partial charge in [-0.05, 0) is 56.0 Å². The van der Waals surface area contributed by atoms with Crippen molar-refractivity contribution in [2.24, 2.45) is 0 Å². The Hall–Kier alpha value is -0.730. The van der Waals surface area contributed by atoms with Crippen LogP contribution in [0.4, 0.5) is 0 Å². The summed E-state index contributed by atoms with van der Waals surface area (Å²) in [5.41, 5.74) is 1.25. The van der Waals surface area contributed by atoms with Crippen LogP contribution in [0.2, 0.25) is 5.02 Å². The lowest BCUT2D eigenvalue weighted by Gasteiger charge is -2.35. The van der Waals surface area contributed by atoms with E-state index < -0.39 is 0 Å². The first kappa shape index (κ1) is 11.4. The fraction of sp³-hybridized carbons (Fsp3) is 0.571. The Morgan fingerprint density at radius 2 is 2.18 bits per heavy atom. The maximum Gasteiger partial charge on any atom is 0.123 e. The van der Waals surface area contributed by atoms with Gasteiger partial charge < -0.3 is 10.1 Å². The molecule has 3 heteroatoms. The van der Waals surface area contributed by atoms with Gasteiger partial charge in [-0.25, -0.2) is 0 Å². The van der Waals surface area contributed by atoms with Gasteiger partial charge in [0.15, 0.2) is 0 Å². The fourth-order valence-electron chi connectivity index (χ4n) is 2.86. The van der Waals surface area contributed by atoms with E-state index in [1.807, 2.05) is 18.2 Å². The van der Waals surface area contributed by atoms with Crippen LogP contribution >= 0.6 is 11.6 Å². The number of hydrogen-bond acceptors (Lipinski definition) is 2. The number of ether oxygens (including phenoxy) is 1. The average molecular weight is 252 g/mol. The van der Waals surface area contributed by atoms with Crippen LogP contribution in [-0.2, 0) is 6.42 Å². The van der Waals surface area contributed by atoms with Crippen molar-refractivity contribution in [1.29, 1.82) is 0 Å². The predicted molar refractivity (Wildman–Crippen MR) is 69.8 cm³/mol. The first-order valence-electron chi connectivity index (χ1n) is 6.51. The molecule has 0 amide bonds. The Morgan fingerprint density at radius 3 is 3.00 bits per heavy atom. The van der Waals surface area contributed by atoms with Crippen molar-refractivity contribution in [2.45, 2.75) is 44.2 Å². The molecule has 2 atom stereocenters. The lowest BCUT2D eigenvalue weighted by molar-refractivity contribution is 0.115. The Morgan fingerprint density at radius 1 is 1.24 bits per heavy atom. The van der Waals surface area contributed by atoms with E-state index >= 15 is 0 Å². The van der Waals surface area contributed by atoms with Gasteiger partial charge in [0.2, 0.25) is 0 Å². The van der Waals surface area contributed by atoms with E-state index in [-0.39, 0.29) is 0 Å². The molecular weight excluding hydrogens is 234 g/mol. The van der Waals surface area contributed by atoms with Gasteiger partial charge in [-0.1, -0.05) is 18.0 Å².